The van der Waals surface area contributed by atoms with Gasteiger partial charge in [-0.25, -0.2) is 8.42 Å². The van der Waals surface area contributed by atoms with Crippen molar-refractivity contribution < 1.29 is 22.3 Å². The Morgan fingerprint density at radius 3 is 2.12 bits per heavy atom. The normalized spacial score (nSPS) is 16.7. The predicted molar refractivity (Wildman–Crippen MR) is 249 cm³/mol. The van der Waals surface area contributed by atoms with Crippen LogP contribution in [-0.4, -0.2) is 61.1 Å². The number of nitrogens with two attached hydrogens (primary N) is 1. The maximum absolute atomic E-state index is 12.5. The number of rotatable bonds is 21. The third-order valence-electron chi connectivity index (χ3n) is 12.2. The molecule has 2 aliphatic heterocycles. The molecule has 0 saturated heterocycles. The Balaban J connectivity index is 1.16. The number of nitrogens with one attached hydrogen (secondary N) is 1. The fraction of sp³-hybridized carbons (Fsp3) is 0.412. The molecule has 0 saturated carbocycles. The van der Waals surface area contributed by atoms with Crippen molar-refractivity contribution in [3.8, 4) is 0 Å². The smallest absolute Gasteiger partial charge is 0.219 e. The lowest BCUT2D eigenvalue weighted by Crippen LogP contribution is -2.28. The number of hydrogen-bond donors (Lipinski definition) is 2. The molecule has 6 rings (SSSR count). The molecule has 60 heavy (non-hydrogen) atoms. The van der Waals surface area contributed by atoms with Crippen molar-refractivity contribution in [1.82, 2.24) is 5.32 Å². The van der Waals surface area contributed by atoms with Crippen molar-refractivity contribution in [2.24, 2.45) is 5.73 Å². The van der Waals surface area contributed by atoms with Gasteiger partial charge in [0.15, 0.2) is 5.71 Å². The van der Waals surface area contributed by atoms with Gasteiger partial charge in [-0.3, -0.25) is 4.79 Å². The Bertz CT molecular complexity index is 2420. The molecular formula is C51H64N4O4S. The number of unbranched alkanes of at least 4 members (excludes halogenated alkanes) is 6. The highest BCUT2D eigenvalue weighted by atomic mass is 32.2. The van der Waals surface area contributed by atoms with E-state index in [4.69, 9.17) is 5.73 Å². The number of amides is 1. The second kappa shape index (κ2) is 20.2. The van der Waals surface area contributed by atoms with E-state index in [0.717, 1.165) is 76.0 Å². The number of fused-ring (bicyclic) bond motifs is 6. The van der Waals surface area contributed by atoms with Gasteiger partial charge in [-0.2, -0.15) is 4.58 Å². The summed E-state index contributed by atoms with van der Waals surface area (Å²) in [5.41, 5.74) is 12.5. The van der Waals surface area contributed by atoms with Crippen LogP contribution in [0.4, 0.5) is 11.4 Å². The molecule has 4 aromatic rings. The summed E-state index contributed by atoms with van der Waals surface area (Å²) in [4.78, 5) is 14.8. The number of anilines is 1. The summed E-state index contributed by atoms with van der Waals surface area (Å²) in [5, 5.41) is 8.02. The maximum Gasteiger partial charge on any atom is 0.219 e. The van der Waals surface area contributed by atoms with Crippen LogP contribution in [-0.2, 0) is 25.7 Å². The highest BCUT2D eigenvalue weighted by molar-refractivity contribution is 7.85. The van der Waals surface area contributed by atoms with Crippen LogP contribution in [0.2, 0.25) is 0 Å². The fourth-order valence-corrected chi connectivity index (χ4v) is 9.82. The van der Waals surface area contributed by atoms with Gasteiger partial charge in [-0.15, -0.1) is 0 Å². The van der Waals surface area contributed by atoms with Gasteiger partial charge in [-0.1, -0.05) is 112 Å². The van der Waals surface area contributed by atoms with Gasteiger partial charge in [0.05, 0.1) is 15.5 Å². The van der Waals surface area contributed by atoms with E-state index in [0.29, 0.717) is 25.8 Å². The van der Waals surface area contributed by atoms with Crippen LogP contribution >= 0.6 is 0 Å². The first-order chi connectivity index (χ1) is 28.8. The van der Waals surface area contributed by atoms with Gasteiger partial charge in [0.2, 0.25) is 11.6 Å². The topological polar surface area (TPSA) is 119 Å². The Hall–Kier alpha value is -4.83. The molecule has 0 atom stereocenters. The average Bonchev–Trinajstić information content (AvgIpc) is 3.58. The molecule has 3 N–H and O–H groups in total. The zero-order valence-electron chi connectivity index (χ0n) is 36.1. The lowest BCUT2D eigenvalue weighted by molar-refractivity contribution is -0.438. The predicted octanol–water partition coefficient (Wildman–Crippen LogP) is 10.2. The number of hydrogen-bond acceptors (Lipinski definition) is 6. The monoisotopic (exact) mass is 828 g/mol. The molecule has 318 valence electrons. The second-order valence-electron chi connectivity index (χ2n) is 17.3. The van der Waals surface area contributed by atoms with Crippen molar-refractivity contribution in [2.75, 3.05) is 36.8 Å². The van der Waals surface area contributed by atoms with Crippen molar-refractivity contribution in [2.45, 2.75) is 103 Å². The van der Waals surface area contributed by atoms with Crippen LogP contribution in [0, 0.1) is 0 Å². The van der Waals surface area contributed by atoms with Crippen LogP contribution in [0.5, 0.6) is 0 Å². The van der Waals surface area contributed by atoms with Crippen molar-refractivity contribution in [3.05, 3.63) is 132 Å². The first-order valence-electron chi connectivity index (χ1n) is 21.9. The molecule has 0 unspecified atom stereocenters. The third-order valence-corrected chi connectivity index (χ3v) is 13.0. The number of nitrogens with zero attached hydrogens (tertiary/aromatic N) is 2. The van der Waals surface area contributed by atoms with Crippen LogP contribution in [0.3, 0.4) is 0 Å². The SMILES string of the molecule is CC1(C)C(/C=C/C=C/C=C/C=C2\N(CCCCS(=O)(=O)[O-])c3ccc4ccccc4c3C2(C)C)=[N+](CCCCCC(=O)NCCCCCCN)c2ccc3ccccc3c21. The summed E-state index contributed by atoms with van der Waals surface area (Å²) in [5.74, 6) is -0.199. The van der Waals surface area contributed by atoms with E-state index in [1.54, 1.807) is 0 Å². The molecule has 0 bridgehead atoms. The average molecular weight is 829 g/mol. The number of allylic oxidation sites excluding steroid dienone is 8. The van der Waals surface area contributed by atoms with E-state index < -0.39 is 10.1 Å². The molecule has 2 heterocycles. The zero-order valence-corrected chi connectivity index (χ0v) is 36.9. The molecule has 0 spiro atoms. The van der Waals surface area contributed by atoms with Crippen LogP contribution in [0.15, 0.2) is 121 Å². The van der Waals surface area contributed by atoms with Gasteiger partial charge in [0.25, 0.3) is 0 Å². The minimum absolute atomic E-state index is 0.148. The number of carbonyl (C=O) groups excluding carboxylic acids is 1. The molecule has 0 aliphatic carbocycles. The minimum atomic E-state index is -4.25. The Labute approximate surface area is 358 Å². The van der Waals surface area contributed by atoms with Crippen LogP contribution in [0.25, 0.3) is 21.5 Å². The Kier molecular flexibility index (Phi) is 15.0. The molecular weight excluding hydrogens is 765 g/mol. The molecule has 0 radical (unpaired) electrons. The molecule has 4 aromatic carbocycles. The van der Waals surface area contributed by atoms with Crippen LogP contribution < -0.4 is 16.0 Å². The lowest BCUT2D eigenvalue weighted by Gasteiger charge is -2.27. The summed E-state index contributed by atoms with van der Waals surface area (Å²) in [6, 6.07) is 25.9. The van der Waals surface area contributed by atoms with Crippen molar-refractivity contribution in [3.63, 3.8) is 0 Å². The standard InChI is InChI=1S/C51H64N4O4S/c1-50(2)45(54(43-32-30-39-23-14-16-25-41(39)48(43)50)36-20-10-13-29-47(56)53-35-19-9-8-18-34-52)27-11-6-5-7-12-28-46-51(3,4)49-42-26-17-15-24-40(42)31-33-44(49)55(46)37-21-22-38-60(57,58)59/h5-7,11-12,14-17,23-28,30-33H,8-10,13,18-22,29,34-38,52H2,1-4H3,(H-,53,56,57,58,59). The Morgan fingerprint density at radius 1 is 0.733 bits per heavy atom. The molecule has 9 heteroatoms. The van der Waals surface area contributed by atoms with Crippen LogP contribution in [0.1, 0.15) is 103 Å². The number of benzene rings is 4. The molecule has 2 aliphatic rings. The maximum atomic E-state index is 12.5. The summed E-state index contributed by atoms with van der Waals surface area (Å²) in [6.07, 6.45) is 23.4. The summed E-state index contributed by atoms with van der Waals surface area (Å²) in [7, 11) is -4.25. The van der Waals surface area contributed by atoms with E-state index in [1.807, 2.05) is 0 Å². The van der Waals surface area contributed by atoms with Gasteiger partial charge in [-0.05, 0) is 104 Å². The lowest BCUT2D eigenvalue weighted by atomic mass is 9.79. The summed E-state index contributed by atoms with van der Waals surface area (Å²) < 4.78 is 36.5. The van der Waals surface area contributed by atoms with Gasteiger partial charge in [0.1, 0.15) is 6.54 Å². The summed E-state index contributed by atoms with van der Waals surface area (Å²) in [6.45, 7) is 12.1. The molecule has 1 amide bonds. The van der Waals surface area contributed by atoms with Gasteiger partial charge < -0.3 is 20.5 Å². The zero-order chi connectivity index (χ0) is 42.8. The molecule has 0 aromatic heterocycles. The number of carbonyl (C=O) groups is 1. The van der Waals surface area contributed by atoms with E-state index >= 15 is 0 Å². The summed E-state index contributed by atoms with van der Waals surface area (Å²) >= 11 is 0. The van der Waals surface area contributed by atoms with Gasteiger partial charge in [0, 0.05) is 66.2 Å². The molecule has 0 fully saturated rings. The third kappa shape index (κ3) is 10.5. The minimum Gasteiger partial charge on any atom is -0.748 e. The highest BCUT2D eigenvalue weighted by Gasteiger charge is 2.45. The van der Waals surface area contributed by atoms with E-state index in [-0.39, 0.29) is 22.5 Å². The molecule has 8 nitrogen and oxygen atoms in total. The largest absolute Gasteiger partial charge is 0.748 e. The van der Waals surface area contributed by atoms with Gasteiger partial charge >= 0.3 is 0 Å². The second-order valence-corrected chi connectivity index (χ2v) is 18.8. The van der Waals surface area contributed by atoms with Crippen molar-refractivity contribution >= 4 is 54.7 Å². The van der Waals surface area contributed by atoms with Crippen molar-refractivity contribution in [1.29, 1.82) is 0 Å². The quantitative estimate of drug-likeness (QED) is 0.0374. The Morgan fingerprint density at radius 2 is 1.38 bits per heavy atom. The fourth-order valence-electron chi connectivity index (χ4n) is 9.26. The highest BCUT2D eigenvalue weighted by Crippen LogP contribution is 2.51. The van der Waals surface area contributed by atoms with E-state index in [9.17, 15) is 17.8 Å². The van der Waals surface area contributed by atoms with E-state index in [2.05, 4.69) is 158 Å². The first-order valence-corrected chi connectivity index (χ1v) is 23.5. The first kappa shape index (κ1) is 44.7. The van der Waals surface area contributed by atoms with E-state index in [1.165, 1.54) is 44.1 Å².